The number of aromatic nitrogens is 3. The molecule has 1 aliphatic rings. The van der Waals surface area contributed by atoms with Crippen LogP contribution in [0.1, 0.15) is 6.23 Å². The summed E-state index contributed by atoms with van der Waals surface area (Å²) in [6, 6.07) is 11.5. The van der Waals surface area contributed by atoms with Crippen molar-refractivity contribution in [1.29, 1.82) is 0 Å². The Morgan fingerprint density at radius 2 is 1.79 bits per heavy atom. The standard InChI is InChI=1S/C19H21N3O6/c1-27-13-5-4-10-6-12(3-2-11(10)7-13)14-8-22(21-20-14)19-18(26)17(25)16(24)15(9-23)28-19/h2-8,15-19,23-26H,9H2,1H3/t15-,16+,17+,18-,19-/m1/s1. The SMILES string of the molecule is COc1ccc2cc(-c3cn([C@@H]4O[C@H](CO)[C@H](O)[C@H](O)[C@H]4O)nn3)ccc2c1. The van der Waals surface area contributed by atoms with Crippen LogP contribution >= 0.6 is 0 Å². The predicted octanol–water partition coefficient (Wildman–Crippen LogP) is 0.0793. The maximum atomic E-state index is 10.2. The summed E-state index contributed by atoms with van der Waals surface area (Å²) in [6.07, 6.45) is -4.82. The molecule has 0 spiro atoms. The van der Waals surface area contributed by atoms with Gasteiger partial charge in [0.05, 0.1) is 19.9 Å². The molecule has 4 rings (SSSR count). The Morgan fingerprint density at radius 3 is 2.54 bits per heavy atom. The molecule has 1 aromatic heterocycles. The molecule has 2 aromatic carbocycles. The summed E-state index contributed by atoms with van der Waals surface area (Å²) >= 11 is 0. The molecule has 5 atom stereocenters. The molecular weight excluding hydrogens is 366 g/mol. The Labute approximate surface area is 160 Å². The topological polar surface area (TPSA) is 130 Å². The van der Waals surface area contributed by atoms with E-state index in [4.69, 9.17) is 9.47 Å². The first-order valence-electron chi connectivity index (χ1n) is 8.82. The lowest BCUT2D eigenvalue weighted by atomic mass is 9.98. The van der Waals surface area contributed by atoms with E-state index in [1.165, 1.54) is 4.68 Å². The van der Waals surface area contributed by atoms with Crippen LogP contribution in [0.25, 0.3) is 22.0 Å². The van der Waals surface area contributed by atoms with Crippen LogP contribution in [0.5, 0.6) is 5.75 Å². The van der Waals surface area contributed by atoms with Gasteiger partial charge < -0.3 is 29.9 Å². The summed E-state index contributed by atoms with van der Waals surface area (Å²) in [4.78, 5) is 0. The van der Waals surface area contributed by atoms with Crippen molar-refractivity contribution in [2.75, 3.05) is 13.7 Å². The van der Waals surface area contributed by atoms with Crippen LogP contribution in [0.3, 0.4) is 0 Å². The van der Waals surface area contributed by atoms with Gasteiger partial charge in [-0.3, -0.25) is 0 Å². The van der Waals surface area contributed by atoms with Crippen LogP contribution in [0.4, 0.5) is 0 Å². The first-order valence-corrected chi connectivity index (χ1v) is 8.82. The van der Waals surface area contributed by atoms with Gasteiger partial charge in [-0.1, -0.05) is 23.4 Å². The minimum absolute atomic E-state index is 0.503. The van der Waals surface area contributed by atoms with E-state index in [1.54, 1.807) is 13.3 Å². The largest absolute Gasteiger partial charge is 0.497 e. The molecule has 9 heteroatoms. The van der Waals surface area contributed by atoms with Gasteiger partial charge in [-0.15, -0.1) is 5.10 Å². The second-order valence-corrected chi connectivity index (χ2v) is 6.73. The molecule has 1 aliphatic heterocycles. The van der Waals surface area contributed by atoms with Gasteiger partial charge >= 0.3 is 0 Å². The third-order valence-corrected chi connectivity index (χ3v) is 4.98. The molecule has 1 saturated heterocycles. The van der Waals surface area contributed by atoms with Gasteiger partial charge in [0.2, 0.25) is 0 Å². The molecular formula is C19H21N3O6. The number of benzene rings is 2. The van der Waals surface area contributed by atoms with Gasteiger partial charge in [0.15, 0.2) is 6.23 Å². The molecule has 0 amide bonds. The summed E-state index contributed by atoms with van der Waals surface area (Å²) in [5, 5.41) is 49.5. The predicted molar refractivity (Wildman–Crippen MR) is 98.5 cm³/mol. The number of hydrogen-bond acceptors (Lipinski definition) is 8. The third kappa shape index (κ3) is 3.23. The fourth-order valence-corrected chi connectivity index (χ4v) is 3.34. The highest BCUT2D eigenvalue weighted by atomic mass is 16.6. The summed E-state index contributed by atoms with van der Waals surface area (Å²) in [7, 11) is 1.62. The number of rotatable bonds is 4. The van der Waals surface area contributed by atoms with Crippen LogP contribution in [0, 0.1) is 0 Å². The van der Waals surface area contributed by atoms with E-state index in [1.807, 2.05) is 36.4 Å². The second kappa shape index (κ2) is 7.46. The minimum atomic E-state index is -1.47. The molecule has 3 aromatic rings. The molecule has 0 saturated carbocycles. The van der Waals surface area contributed by atoms with Gasteiger partial charge in [0, 0.05) is 5.56 Å². The van der Waals surface area contributed by atoms with Crippen LogP contribution in [-0.4, -0.2) is 73.6 Å². The van der Waals surface area contributed by atoms with Crippen molar-refractivity contribution in [3.05, 3.63) is 42.6 Å². The van der Waals surface area contributed by atoms with E-state index in [0.717, 1.165) is 22.1 Å². The third-order valence-electron chi connectivity index (χ3n) is 4.98. The number of hydrogen-bond donors (Lipinski definition) is 4. The Balaban J connectivity index is 1.63. The van der Waals surface area contributed by atoms with Gasteiger partial charge in [-0.2, -0.15) is 0 Å². The lowest BCUT2D eigenvalue weighted by Crippen LogP contribution is -2.56. The van der Waals surface area contributed by atoms with Crippen molar-refractivity contribution in [2.24, 2.45) is 0 Å². The van der Waals surface area contributed by atoms with E-state index >= 15 is 0 Å². The van der Waals surface area contributed by atoms with Crippen molar-refractivity contribution in [1.82, 2.24) is 15.0 Å². The molecule has 148 valence electrons. The van der Waals surface area contributed by atoms with Gasteiger partial charge in [-0.05, 0) is 29.0 Å². The highest BCUT2D eigenvalue weighted by Crippen LogP contribution is 2.30. The summed E-state index contributed by atoms with van der Waals surface area (Å²) in [6.45, 7) is -0.503. The van der Waals surface area contributed by atoms with Crippen molar-refractivity contribution in [3.63, 3.8) is 0 Å². The highest BCUT2D eigenvalue weighted by molar-refractivity contribution is 5.87. The van der Waals surface area contributed by atoms with E-state index < -0.39 is 37.3 Å². The molecule has 4 N–H and O–H groups in total. The molecule has 0 unspecified atom stereocenters. The summed E-state index contributed by atoms with van der Waals surface area (Å²) in [5.41, 5.74) is 1.36. The smallest absolute Gasteiger partial charge is 0.180 e. The van der Waals surface area contributed by atoms with Gasteiger partial charge in [0.25, 0.3) is 0 Å². The molecule has 1 fully saturated rings. The normalized spacial score (nSPS) is 27.8. The van der Waals surface area contributed by atoms with E-state index in [2.05, 4.69) is 10.3 Å². The fraction of sp³-hybridized carbons (Fsp3) is 0.368. The average Bonchev–Trinajstić information content (AvgIpc) is 3.21. The minimum Gasteiger partial charge on any atom is -0.497 e. The monoisotopic (exact) mass is 387 g/mol. The highest BCUT2D eigenvalue weighted by Gasteiger charge is 2.44. The van der Waals surface area contributed by atoms with Crippen molar-refractivity contribution >= 4 is 10.8 Å². The molecule has 0 bridgehead atoms. The molecule has 28 heavy (non-hydrogen) atoms. The first kappa shape index (κ1) is 18.8. The maximum Gasteiger partial charge on any atom is 0.180 e. The summed E-state index contributed by atoms with van der Waals surface area (Å²) < 4.78 is 12.0. The van der Waals surface area contributed by atoms with Crippen molar-refractivity contribution < 1.29 is 29.9 Å². The van der Waals surface area contributed by atoms with Gasteiger partial charge in [0.1, 0.15) is 35.9 Å². The number of aliphatic hydroxyl groups is 4. The zero-order valence-corrected chi connectivity index (χ0v) is 15.1. The Morgan fingerprint density at radius 1 is 1.04 bits per heavy atom. The summed E-state index contributed by atoms with van der Waals surface area (Å²) in [5.74, 6) is 0.772. The van der Waals surface area contributed by atoms with E-state index in [0.29, 0.717) is 5.69 Å². The van der Waals surface area contributed by atoms with Crippen LogP contribution in [0.15, 0.2) is 42.6 Å². The van der Waals surface area contributed by atoms with Crippen LogP contribution < -0.4 is 4.74 Å². The van der Waals surface area contributed by atoms with Crippen LogP contribution in [-0.2, 0) is 4.74 Å². The quantitative estimate of drug-likeness (QED) is 0.495. The second-order valence-electron chi connectivity index (χ2n) is 6.73. The lowest BCUT2D eigenvalue weighted by molar-refractivity contribution is -0.254. The molecule has 2 heterocycles. The number of aliphatic hydroxyl groups excluding tert-OH is 4. The van der Waals surface area contributed by atoms with E-state index in [9.17, 15) is 20.4 Å². The number of ether oxygens (including phenoxy) is 2. The first-order chi connectivity index (χ1) is 13.5. The van der Waals surface area contributed by atoms with Crippen molar-refractivity contribution in [3.8, 4) is 17.0 Å². The molecule has 0 radical (unpaired) electrons. The average molecular weight is 387 g/mol. The maximum absolute atomic E-state index is 10.2. The zero-order chi connectivity index (χ0) is 19.8. The number of nitrogens with zero attached hydrogens (tertiary/aromatic N) is 3. The Hall–Kier alpha value is -2.56. The Kier molecular flexibility index (Phi) is 5.00. The fourth-order valence-electron chi connectivity index (χ4n) is 3.34. The van der Waals surface area contributed by atoms with Gasteiger partial charge in [-0.25, -0.2) is 4.68 Å². The molecule has 9 nitrogen and oxygen atoms in total. The van der Waals surface area contributed by atoms with E-state index in [-0.39, 0.29) is 0 Å². The number of methoxy groups -OCH3 is 1. The van der Waals surface area contributed by atoms with Crippen molar-refractivity contribution in [2.45, 2.75) is 30.6 Å². The Bertz CT molecular complexity index is 975. The zero-order valence-electron chi connectivity index (χ0n) is 15.1. The van der Waals surface area contributed by atoms with Crippen LogP contribution in [0.2, 0.25) is 0 Å². The molecule has 0 aliphatic carbocycles. The lowest BCUT2D eigenvalue weighted by Gasteiger charge is -2.39. The number of fused-ring (bicyclic) bond motifs is 1.